The van der Waals surface area contributed by atoms with E-state index in [4.69, 9.17) is 34.8 Å². The third kappa shape index (κ3) is 3.62. The minimum absolute atomic E-state index is 0.00772. The van der Waals surface area contributed by atoms with Gasteiger partial charge in [-0.05, 0) is 36.2 Å². The van der Waals surface area contributed by atoms with Crippen molar-refractivity contribution in [2.24, 2.45) is 0 Å². The van der Waals surface area contributed by atoms with E-state index in [1.807, 2.05) is 12.1 Å². The molecule has 0 bridgehead atoms. The Morgan fingerprint density at radius 2 is 1.68 bits per heavy atom. The summed E-state index contributed by atoms with van der Waals surface area (Å²) in [6.07, 6.45) is 0.469. The number of halogens is 4. The Morgan fingerprint density at radius 1 is 1.00 bits per heavy atom. The Bertz CT molecular complexity index is 532. The molecule has 4 heteroatoms. The normalized spacial score (nSPS) is 12.4. The maximum absolute atomic E-state index is 13.8. The van der Waals surface area contributed by atoms with Crippen molar-refractivity contribution in [1.29, 1.82) is 0 Å². The molecule has 2 aromatic carbocycles. The van der Waals surface area contributed by atoms with E-state index in [-0.39, 0.29) is 11.7 Å². The summed E-state index contributed by atoms with van der Waals surface area (Å²) in [4.78, 5) is 0. The van der Waals surface area contributed by atoms with E-state index in [0.29, 0.717) is 27.9 Å². The van der Waals surface area contributed by atoms with Gasteiger partial charge in [0.15, 0.2) is 0 Å². The van der Waals surface area contributed by atoms with Gasteiger partial charge in [-0.1, -0.05) is 41.4 Å². The van der Waals surface area contributed by atoms with E-state index < -0.39 is 0 Å². The van der Waals surface area contributed by atoms with Crippen LogP contribution in [-0.4, -0.2) is 5.88 Å². The Balaban J connectivity index is 2.26. The molecule has 0 aliphatic rings. The van der Waals surface area contributed by atoms with E-state index in [2.05, 4.69) is 0 Å². The Kier molecular flexibility index (Phi) is 5.09. The van der Waals surface area contributed by atoms with Crippen molar-refractivity contribution >= 4 is 34.8 Å². The quantitative estimate of drug-likeness (QED) is 0.635. The standard InChI is InChI=1S/C15H12Cl3F/c16-9-11(10-4-6-12(17)7-5-10)8-13-14(18)2-1-3-15(13)19/h1-7,11H,8-9H2. The molecule has 0 amide bonds. The zero-order valence-corrected chi connectivity index (χ0v) is 12.3. The third-order valence-corrected chi connectivity index (χ3v) is 4.02. The third-order valence-electron chi connectivity index (χ3n) is 3.04. The summed E-state index contributed by atoms with van der Waals surface area (Å²) in [6.45, 7) is 0. The van der Waals surface area contributed by atoms with Crippen molar-refractivity contribution in [3.63, 3.8) is 0 Å². The lowest BCUT2D eigenvalue weighted by molar-refractivity contribution is 0.598. The van der Waals surface area contributed by atoms with E-state index in [9.17, 15) is 4.39 Å². The molecule has 1 atom stereocenters. The summed E-state index contributed by atoms with van der Waals surface area (Å²) >= 11 is 17.9. The lowest BCUT2D eigenvalue weighted by Crippen LogP contribution is -2.06. The van der Waals surface area contributed by atoms with Gasteiger partial charge in [-0.2, -0.15) is 0 Å². The lowest BCUT2D eigenvalue weighted by atomic mass is 9.93. The maximum atomic E-state index is 13.8. The summed E-state index contributed by atoms with van der Waals surface area (Å²) < 4.78 is 13.8. The highest BCUT2D eigenvalue weighted by molar-refractivity contribution is 6.31. The number of benzene rings is 2. The fraction of sp³-hybridized carbons (Fsp3) is 0.200. The molecular weight excluding hydrogens is 306 g/mol. The fourth-order valence-corrected chi connectivity index (χ4v) is 2.62. The SMILES string of the molecule is Fc1cccc(Cl)c1CC(CCl)c1ccc(Cl)cc1. The largest absolute Gasteiger partial charge is 0.207 e. The Hall–Kier alpha value is -0.760. The predicted molar refractivity (Wildman–Crippen MR) is 80.0 cm³/mol. The van der Waals surface area contributed by atoms with Crippen LogP contribution in [0.15, 0.2) is 42.5 Å². The first-order valence-corrected chi connectivity index (χ1v) is 7.15. The van der Waals surface area contributed by atoms with Gasteiger partial charge in [0.2, 0.25) is 0 Å². The first-order chi connectivity index (χ1) is 9.11. The molecule has 0 fully saturated rings. The first kappa shape index (κ1) is 14.6. The average Bonchev–Trinajstić information content (AvgIpc) is 2.40. The molecule has 0 radical (unpaired) electrons. The van der Waals surface area contributed by atoms with Crippen LogP contribution in [0.5, 0.6) is 0 Å². The first-order valence-electron chi connectivity index (χ1n) is 5.86. The minimum atomic E-state index is -0.295. The maximum Gasteiger partial charge on any atom is 0.127 e. The topological polar surface area (TPSA) is 0 Å². The van der Waals surface area contributed by atoms with Crippen molar-refractivity contribution < 1.29 is 4.39 Å². The number of rotatable bonds is 4. The van der Waals surface area contributed by atoms with Crippen LogP contribution in [-0.2, 0) is 6.42 Å². The molecule has 0 spiro atoms. The summed E-state index contributed by atoms with van der Waals surface area (Å²) in [5.41, 5.74) is 1.53. The Labute approximate surface area is 127 Å². The summed E-state index contributed by atoms with van der Waals surface area (Å²) in [6, 6.07) is 12.1. The summed E-state index contributed by atoms with van der Waals surface area (Å²) in [5.74, 6) is 0.108. The van der Waals surface area contributed by atoms with E-state index in [1.165, 1.54) is 6.07 Å². The number of alkyl halides is 1. The molecule has 1 unspecified atom stereocenters. The molecular formula is C15H12Cl3F. The van der Waals surface area contributed by atoms with Crippen molar-refractivity contribution in [1.82, 2.24) is 0 Å². The molecule has 2 aromatic rings. The van der Waals surface area contributed by atoms with Gasteiger partial charge in [0.25, 0.3) is 0 Å². The van der Waals surface area contributed by atoms with Crippen LogP contribution in [0.1, 0.15) is 17.0 Å². The van der Waals surface area contributed by atoms with Gasteiger partial charge in [0, 0.05) is 27.4 Å². The molecule has 100 valence electrons. The van der Waals surface area contributed by atoms with Gasteiger partial charge in [0.05, 0.1) is 0 Å². The zero-order chi connectivity index (χ0) is 13.8. The van der Waals surface area contributed by atoms with Crippen molar-refractivity contribution in [3.8, 4) is 0 Å². The highest BCUT2D eigenvalue weighted by atomic mass is 35.5. The van der Waals surface area contributed by atoms with Gasteiger partial charge in [-0.3, -0.25) is 0 Å². The van der Waals surface area contributed by atoms with Gasteiger partial charge in [-0.15, -0.1) is 11.6 Å². The lowest BCUT2D eigenvalue weighted by Gasteiger charge is -2.16. The molecule has 19 heavy (non-hydrogen) atoms. The Morgan fingerprint density at radius 3 is 2.26 bits per heavy atom. The van der Waals surface area contributed by atoms with Crippen molar-refractivity contribution in [2.75, 3.05) is 5.88 Å². The van der Waals surface area contributed by atoms with Gasteiger partial charge in [0.1, 0.15) is 5.82 Å². The monoisotopic (exact) mass is 316 g/mol. The summed E-state index contributed by atoms with van der Waals surface area (Å²) in [7, 11) is 0. The molecule has 0 aliphatic carbocycles. The zero-order valence-electron chi connectivity index (χ0n) is 10.0. The van der Waals surface area contributed by atoms with E-state index >= 15 is 0 Å². The molecule has 0 saturated carbocycles. The molecule has 0 aliphatic heterocycles. The van der Waals surface area contributed by atoms with Gasteiger partial charge in [-0.25, -0.2) is 4.39 Å². The van der Waals surface area contributed by atoms with Crippen LogP contribution in [0.3, 0.4) is 0 Å². The van der Waals surface area contributed by atoms with Gasteiger partial charge >= 0.3 is 0 Å². The second kappa shape index (κ2) is 6.60. The van der Waals surface area contributed by atoms with Crippen LogP contribution in [0.2, 0.25) is 10.0 Å². The second-order valence-corrected chi connectivity index (χ2v) is 5.46. The highest BCUT2D eigenvalue weighted by Gasteiger charge is 2.16. The fourth-order valence-electron chi connectivity index (χ4n) is 1.97. The minimum Gasteiger partial charge on any atom is -0.207 e. The predicted octanol–water partition coefficient (Wildman–Crippen LogP) is 5.70. The smallest absolute Gasteiger partial charge is 0.127 e. The molecule has 0 saturated heterocycles. The number of hydrogen-bond donors (Lipinski definition) is 0. The molecule has 0 aromatic heterocycles. The van der Waals surface area contributed by atoms with Crippen LogP contribution in [0.4, 0.5) is 4.39 Å². The van der Waals surface area contributed by atoms with Gasteiger partial charge < -0.3 is 0 Å². The van der Waals surface area contributed by atoms with Crippen molar-refractivity contribution in [3.05, 3.63) is 69.5 Å². The van der Waals surface area contributed by atoms with E-state index in [0.717, 1.165) is 5.56 Å². The van der Waals surface area contributed by atoms with Crippen LogP contribution in [0.25, 0.3) is 0 Å². The molecule has 2 rings (SSSR count). The van der Waals surface area contributed by atoms with Crippen molar-refractivity contribution in [2.45, 2.75) is 12.3 Å². The molecule has 0 nitrogen and oxygen atoms in total. The second-order valence-electron chi connectivity index (χ2n) is 4.31. The van der Waals surface area contributed by atoms with Crippen LogP contribution < -0.4 is 0 Å². The average molecular weight is 318 g/mol. The highest BCUT2D eigenvalue weighted by Crippen LogP contribution is 2.28. The van der Waals surface area contributed by atoms with Crippen LogP contribution >= 0.6 is 34.8 Å². The molecule has 0 heterocycles. The van der Waals surface area contributed by atoms with E-state index in [1.54, 1.807) is 24.3 Å². The number of hydrogen-bond acceptors (Lipinski definition) is 0. The van der Waals surface area contributed by atoms with Crippen LogP contribution in [0, 0.1) is 5.82 Å². The molecule has 0 N–H and O–H groups in total. The summed E-state index contributed by atoms with van der Waals surface area (Å²) in [5, 5.41) is 1.10.